The van der Waals surface area contributed by atoms with Crippen LogP contribution in [0, 0.1) is 46.7 Å². The van der Waals surface area contributed by atoms with Gasteiger partial charge in [0.25, 0.3) is 0 Å². The van der Waals surface area contributed by atoms with Crippen molar-refractivity contribution >= 4 is 21.9 Å². The van der Waals surface area contributed by atoms with Crippen LogP contribution in [-0.2, 0) is 0 Å². The van der Waals surface area contributed by atoms with Gasteiger partial charge in [0.05, 0.1) is 11.4 Å². The van der Waals surface area contributed by atoms with Crippen molar-refractivity contribution in [3.05, 3.63) is 154 Å². The monoisotopic (exact) mass is 773 g/mol. The molecule has 1 saturated carbocycles. The first-order valence-electron chi connectivity index (χ1n) is 26.1. The fourth-order valence-corrected chi connectivity index (χ4v) is 8.11. The molecule has 3 heterocycles. The van der Waals surface area contributed by atoms with E-state index in [4.69, 9.17) is 30.6 Å². The number of fused-ring (bicyclic) bond motifs is 3. The van der Waals surface area contributed by atoms with Gasteiger partial charge in [-0.05, 0) is 182 Å². The molecular formula is C54H52N2O2. The number of aromatic nitrogens is 2. The van der Waals surface area contributed by atoms with Gasteiger partial charge in [-0.25, -0.2) is 0 Å². The average Bonchev–Trinajstić information content (AvgIpc) is 3.66. The third-order valence-corrected chi connectivity index (χ3v) is 11.6. The van der Waals surface area contributed by atoms with Gasteiger partial charge >= 0.3 is 0 Å². The molecule has 1 aliphatic rings. The van der Waals surface area contributed by atoms with Gasteiger partial charge < -0.3 is 9.15 Å². The Hall–Kier alpha value is -6.00. The Kier molecular flexibility index (Phi) is 6.45. The zero-order chi connectivity index (χ0) is 51.2. The molecule has 0 saturated heterocycles. The Morgan fingerprint density at radius 3 is 2.24 bits per heavy atom. The van der Waals surface area contributed by atoms with Gasteiger partial charge in [0.2, 0.25) is 0 Å². The van der Waals surface area contributed by atoms with Crippen molar-refractivity contribution in [3.8, 4) is 56.3 Å². The second kappa shape index (κ2) is 14.7. The zero-order valence-electron chi connectivity index (χ0n) is 46.0. The highest BCUT2D eigenvalue weighted by atomic mass is 16.5. The van der Waals surface area contributed by atoms with E-state index in [-0.39, 0.29) is 44.9 Å². The van der Waals surface area contributed by atoms with E-state index in [9.17, 15) is 1.37 Å². The number of hydrogen-bond donors (Lipinski definition) is 0. The summed E-state index contributed by atoms with van der Waals surface area (Å²) >= 11 is 0. The third-order valence-electron chi connectivity index (χ3n) is 11.6. The van der Waals surface area contributed by atoms with Crippen LogP contribution >= 0.6 is 0 Å². The van der Waals surface area contributed by atoms with Crippen molar-refractivity contribution in [1.29, 1.82) is 0 Å². The molecule has 0 bridgehead atoms. The molecule has 3 aromatic heterocycles. The highest BCUT2D eigenvalue weighted by Crippen LogP contribution is 2.45. The number of hydrogen-bond acceptors (Lipinski definition) is 4. The van der Waals surface area contributed by atoms with E-state index in [0.717, 1.165) is 30.0 Å². The Balaban J connectivity index is 1.25. The maximum atomic E-state index is 9.47. The summed E-state index contributed by atoms with van der Waals surface area (Å²) in [6, 6.07) is 29.5. The number of benzene rings is 5. The molecule has 0 N–H and O–H groups in total. The topological polar surface area (TPSA) is 48.2 Å². The number of furan rings is 1. The fourth-order valence-electron chi connectivity index (χ4n) is 8.11. The van der Waals surface area contributed by atoms with Gasteiger partial charge in [0.1, 0.15) is 22.7 Å². The van der Waals surface area contributed by atoms with E-state index in [1.807, 2.05) is 44.2 Å². The Labute approximate surface area is 361 Å². The van der Waals surface area contributed by atoms with E-state index in [0.29, 0.717) is 68.5 Å². The summed E-state index contributed by atoms with van der Waals surface area (Å²) in [5, 5.41) is 1.37. The van der Waals surface area contributed by atoms with Gasteiger partial charge in [-0.2, -0.15) is 0 Å². The average molecular weight is 774 g/mol. The molecule has 4 heteroatoms. The van der Waals surface area contributed by atoms with Crippen molar-refractivity contribution in [2.75, 3.05) is 0 Å². The van der Waals surface area contributed by atoms with Crippen LogP contribution in [0.3, 0.4) is 0 Å². The van der Waals surface area contributed by atoms with Crippen LogP contribution in [0.25, 0.3) is 66.7 Å². The summed E-state index contributed by atoms with van der Waals surface area (Å²) in [7, 11) is 0. The summed E-state index contributed by atoms with van der Waals surface area (Å²) in [6.07, 6.45) is 5.66. The minimum absolute atomic E-state index is 0.0806. The summed E-state index contributed by atoms with van der Waals surface area (Å²) in [5.41, 5.74) is 5.74. The Bertz CT molecular complexity index is 3360. The van der Waals surface area contributed by atoms with Crippen LogP contribution in [0.5, 0.6) is 11.5 Å². The molecule has 1 fully saturated rings. The third kappa shape index (κ3) is 7.10. The van der Waals surface area contributed by atoms with Crippen LogP contribution in [0.4, 0.5) is 0 Å². The fraction of sp³-hybridized carbons (Fsp3) is 0.259. The first kappa shape index (κ1) is 25.4. The first-order valence-corrected chi connectivity index (χ1v) is 19.6. The summed E-state index contributed by atoms with van der Waals surface area (Å²) in [4.78, 5) is 9.29. The van der Waals surface area contributed by atoms with E-state index < -0.39 is 44.4 Å². The summed E-state index contributed by atoms with van der Waals surface area (Å²) in [6.45, 7) is -2.66. The molecule has 4 nitrogen and oxygen atoms in total. The molecule has 1 aliphatic carbocycles. The van der Waals surface area contributed by atoms with Crippen LogP contribution in [-0.4, -0.2) is 9.97 Å². The maximum Gasteiger partial charge on any atom is 0.145 e. The number of ether oxygens (including phenoxy) is 1. The Morgan fingerprint density at radius 2 is 1.45 bits per heavy atom. The number of pyridine rings is 2. The highest BCUT2D eigenvalue weighted by molar-refractivity contribution is 6.10. The number of nitrogens with zero attached hydrogens (tertiary/aromatic N) is 2. The quantitative estimate of drug-likeness (QED) is 0.162. The molecule has 0 aliphatic heterocycles. The molecule has 5 aromatic carbocycles. The van der Waals surface area contributed by atoms with Crippen molar-refractivity contribution in [1.82, 2.24) is 9.97 Å². The van der Waals surface area contributed by atoms with Crippen molar-refractivity contribution in [3.63, 3.8) is 0 Å². The normalized spacial score (nSPS) is 19.1. The van der Waals surface area contributed by atoms with Crippen LogP contribution in [0.2, 0.25) is 0 Å². The molecule has 9 rings (SSSR count). The summed E-state index contributed by atoms with van der Waals surface area (Å²) < 4.78 is 124. The SMILES string of the molecule is [2H]C([2H])([2H])c1cc(C2([2H])CCC(C)(C)CC2)ccc1-c1cc(-c2cc(Oc3cc(-c4cc(C([2H])([2H])[2H])c(C([2H])([2H])[2H])cn4)cc(-c4ccccc4)c3C([2H])([2H])[2H])cc3c2oc2cc(C)ccc23)ncc1C. The van der Waals surface area contributed by atoms with Crippen molar-refractivity contribution in [2.24, 2.45) is 5.41 Å². The molecule has 58 heavy (non-hydrogen) atoms. The molecule has 0 amide bonds. The molecule has 0 atom stereocenters. The zero-order valence-corrected chi connectivity index (χ0v) is 33.0. The number of aryl methyl sites for hydroxylation is 5. The molecule has 0 spiro atoms. The van der Waals surface area contributed by atoms with E-state index >= 15 is 0 Å². The summed E-state index contributed by atoms with van der Waals surface area (Å²) in [5.74, 6) is -0.819. The Morgan fingerprint density at radius 1 is 0.655 bits per heavy atom. The second-order valence-corrected chi connectivity index (χ2v) is 16.3. The van der Waals surface area contributed by atoms with Gasteiger partial charge in [-0.3, -0.25) is 9.97 Å². The first-order chi connectivity index (χ1) is 33.1. The van der Waals surface area contributed by atoms with Crippen LogP contribution < -0.4 is 4.74 Å². The van der Waals surface area contributed by atoms with E-state index in [1.54, 1.807) is 66.9 Å². The number of rotatable bonds is 7. The predicted molar refractivity (Wildman–Crippen MR) is 241 cm³/mol. The van der Waals surface area contributed by atoms with Gasteiger partial charge in [0.15, 0.2) is 0 Å². The van der Waals surface area contributed by atoms with Crippen molar-refractivity contribution < 1.29 is 27.0 Å². The maximum absolute atomic E-state index is 9.47. The lowest BCUT2D eigenvalue weighted by Crippen LogP contribution is -2.20. The van der Waals surface area contributed by atoms with Gasteiger partial charge in [-0.15, -0.1) is 0 Å². The lowest BCUT2D eigenvalue weighted by atomic mass is 9.71. The standard InChI is InChI=1S/C54H52N2O2/c1-32-14-16-44-47-27-42(57-51-26-41(49-24-33(2)35(4)30-55-49)25-46(37(51)6)39-12-10-9-11-13-39)28-48(53(47)58-52(44)22-32)50-29-45(36(5)31-56-50)43-17-15-40(23-34(43)3)38-18-20-54(7,8)21-19-38/h9-17,22-31,38H,18-21H2,1-8H3/i2D3,3D3,4D3,6D3,38D. The minimum Gasteiger partial charge on any atom is -0.457 e. The van der Waals surface area contributed by atoms with Gasteiger partial charge in [-0.1, -0.05) is 74.5 Å². The van der Waals surface area contributed by atoms with E-state index in [1.165, 1.54) is 12.1 Å². The molecule has 0 unspecified atom stereocenters. The van der Waals surface area contributed by atoms with Gasteiger partial charge in [0, 0.05) is 52.1 Å². The largest absolute Gasteiger partial charge is 0.457 e. The lowest BCUT2D eigenvalue weighted by molar-refractivity contribution is 0.224. The molecule has 0 radical (unpaired) electrons. The predicted octanol–water partition coefficient (Wildman–Crippen LogP) is 15.4. The highest BCUT2D eigenvalue weighted by Gasteiger charge is 2.28. The molecule has 8 aromatic rings. The molecular weight excluding hydrogens is 709 g/mol. The van der Waals surface area contributed by atoms with Crippen LogP contribution in [0.15, 0.2) is 120 Å². The minimum atomic E-state index is -2.82. The second-order valence-electron chi connectivity index (χ2n) is 16.3. The molecule has 290 valence electrons. The van der Waals surface area contributed by atoms with Crippen LogP contribution in [0.1, 0.15) is 102 Å². The lowest BCUT2D eigenvalue weighted by Gasteiger charge is -2.34. The van der Waals surface area contributed by atoms with Crippen molar-refractivity contribution in [2.45, 2.75) is 86.7 Å². The smallest absolute Gasteiger partial charge is 0.145 e. The van der Waals surface area contributed by atoms with E-state index in [2.05, 4.69) is 18.8 Å².